The summed E-state index contributed by atoms with van der Waals surface area (Å²) < 4.78 is 0. The molecule has 0 rings (SSSR count). The first-order chi connectivity index (χ1) is 24.4. The van der Waals surface area contributed by atoms with E-state index in [9.17, 15) is 19.2 Å². The summed E-state index contributed by atoms with van der Waals surface area (Å²) in [6.45, 7) is 5.35. The van der Waals surface area contributed by atoms with Gasteiger partial charge in [-0.05, 0) is 38.5 Å². The highest BCUT2D eigenvalue weighted by Gasteiger charge is 2.20. The maximum Gasteiger partial charge on any atom is 0.303 e. The van der Waals surface area contributed by atoms with Crippen LogP contribution in [0.1, 0.15) is 226 Å². The van der Waals surface area contributed by atoms with Gasteiger partial charge < -0.3 is 21.1 Å². The number of aliphatic carboxylic acids is 1. The fourth-order valence-corrected chi connectivity index (χ4v) is 6.51. The molecule has 0 heterocycles. The topological polar surface area (TPSA) is 125 Å². The maximum absolute atomic E-state index is 12.8. The molecule has 4 N–H and O–H groups in total. The summed E-state index contributed by atoms with van der Waals surface area (Å²) in [6.07, 6.45) is 36.2. The Kier molecular flexibility index (Phi) is 36.5. The minimum Gasteiger partial charge on any atom is -0.481 e. The molecule has 0 fully saturated rings. The molecule has 0 aromatic carbocycles. The Labute approximate surface area is 308 Å². The van der Waals surface area contributed by atoms with E-state index in [1.54, 1.807) is 0 Å². The van der Waals surface area contributed by atoms with E-state index in [-0.39, 0.29) is 30.7 Å². The molecule has 50 heavy (non-hydrogen) atoms. The zero-order valence-corrected chi connectivity index (χ0v) is 32.9. The molecule has 0 unspecified atom stereocenters. The third-order valence-corrected chi connectivity index (χ3v) is 9.77. The van der Waals surface area contributed by atoms with Crippen molar-refractivity contribution in [3.05, 3.63) is 0 Å². The highest BCUT2D eigenvalue weighted by molar-refractivity contribution is 5.87. The van der Waals surface area contributed by atoms with Crippen LogP contribution in [0.3, 0.4) is 0 Å². The molecule has 0 bridgehead atoms. The average Bonchev–Trinajstić information content (AvgIpc) is 3.09. The summed E-state index contributed by atoms with van der Waals surface area (Å²) >= 11 is 0. The minimum absolute atomic E-state index is 0.00460. The molecule has 8 nitrogen and oxygen atoms in total. The number of carbonyl (C=O) groups excluding carboxylic acids is 3. The molecule has 0 aliphatic carbocycles. The van der Waals surface area contributed by atoms with Crippen molar-refractivity contribution >= 4 is 23.7 Å². The summed E-state index contributed by atoms with van der Waals surface area (Å²) in [6, 6.07) is -0.643. The summed E-state index contributed by atoms with van der Waals surface area (Å²) in [4.78, 5) is 48.6. The van der Waals surface area contributed by atoms with Crippen molar-refractivity contribution in [2.24, 2.45) is 0 Å². The van der Waals surface area contributed by atoms with Crippen molar-refractivity contribution in [2.75, 3.05) is 13.1 Å². The van der Waals surface area contributed by atoms with Crippen LogP contribution in [0.15, 0.2) is 0 Å². The number of unbranched alkanes of at least 4 members (excludes halogenated alkanes) is 25. The second-order valence-electron chi connectivity index (χ2n) is 14.7. The van der Waals surface area contributed by atoms with Crippen LogP contribution in [0.4, 0.5) is 0 Å². The molecular formula is C42H81N3O5. The Morgan fingerprint density at radius 2 is 0.800 bits per heavy atom. The number of nitrogens with one attached hydrogen (secondary N) is 3. The molecule has 0 aromatic rings. The van der Waals surface area contributed by atoms with Crippen LogP contribution in [0.25, 0.3) is 0 Å². The van der Waals surface area contributed by atoms with E-state index in [1.807, 2.05) is 0 Å². The van der Waals surface area contributed by atoms with Crippen LogP contribution < -0.4 is 16.0 Å². The second kappa shape index (κ2) is 38.1. The molecular weight excluding hydrogens is 626 g/mol. The van der Waals surface area contributed by atoms with Crippen molar-refractivity contribution in [2.45, 2.75) is 232 Å². The lowest BCUT2D eigenvalue weighted by Gasteiger charge is -2.18. The lowest BCUT2D eigenvalue weighted by atomic mass is 10.0. The minimum atomic E-state index is -0.891. The zero-order chi connectivity index (χ0) is 36.8. The van der Waals surface area contributed by atoms with Gasteiger partial charge in [0.25, 0.3) is 0 Å². The molecule has 8 heteroatoms. The van der Waals surface area contributed by atoms with E-state index >= 15 is 0 Å². The maximum atomic E-state index is 12.8. The molecule has 0 radical (unpaired) electrons. The van der Waals surface area contributed by atoms with Gasteiger partial charge in [0.1, 0.15) is 6.04 Å². The molecule has 0 aromatic heterocycles. The van der Waals surface area contributed by atoms with Crippen LogP contribution in [0.5, 0.6) is 0 Å². The van der Waals surface area contributed by atoms with Crippen LogP contribution >= 0.6 is 0 Å². The number of amides is 3. The SMILES string of the molecule is CCCCCCCCCCCCCCCC(=O)NCCCC[C@H](NC(=O)CCCCCCCCCCCCCCC)C(=O)NCCCC(=O)O. The molecule has 0 saturated carbocycles. The first kappa shape index (κ1) is 47.9. The van der Waals surface area contributed by atoms with Gasteiger partial charge in [0.2, 0.25) is 17.7 Å². The molecule has 0 aliphatic rings. The number of hydrogen-bond donors (Lipinski definition) is 4. The first-order valence-electron chi connectivity index (χ1n) is 21.5. The smallest absolute Gasteiger partial charge is 0.303 e. The second-order valence-corrected chi connectivity index (χ2v) is 14.7. The Bertz CT molecular complexity index is 806. The predicted molar refractivity (Wildman–Crippen MR) is 209 cm³/mol. The first-order valence-corrected chi connectivity index (χ1v) is 21.5. The number of carbonyl (C=O) groups is 4. The van der Waals surface area contributed by atoms with Crippen molar-refractivity contribution in [3.8, 4) is 0 Å². The normalized spacial score (nSPS) is 11.7. The Hall–Kier alpha value is -2.12. The quantitative estimate of drug-likeness (QED) is 0.0473. The lowest BCUT2D eigenvalue weighted by Crippen LogP contribution is -2.47. The van der Waals surface area contributed by atoms with E-state index in [1.165, 1.54) is 135 Å². The van der Waals surface area contributed by atoms with Crippen LogP contribution in [-0.4, -0.2) is 47.9 Å². The fourth-order valence-electron chi connectivity index (χ4n) is 6.51. The van der Waals surface area contributed by atoms with Gasteiger partial charge in [0.15, 0.2) is 0 Å². The Morgan fingerprint density at radius 3 is 1.22 bits per heavy atom. The van der Waals surface area contributed by atoms with Gasteiger partial charge in [-0.15, -0.1) is 0 Å². The number of carboxylic acid groups (broad SMARTS) is 1. The Balaban J connectivity index is 4.09. The van der Waals surface area contributed by atoms with E-state index in [2.05, 4.69) is 29.8 Å². The molecule has 294 valence electrons. The third kappa shape index (κ3) is 35.7. The fraction of sp³-hybridized carbons (Fsp3) is 0.905. The number of rotatable bonds is 39. The predicted octanol–water partition coefficient (Wildman–Crippen LogP) is 10.7. The monoisotopic (exact) mass is 708 g/mol. The third-order valence-electron chi connectivity index (χ3n) is 9.77. The summed E-state index contributed by atoms with van der Waals surface area (Å²) in [5, 5.41) is 17.6. The molecule has 0 aliphatic heterocycles. The van der Waals surface area contributed by atoms with E-state index in [0.29, 0.717) is 38.6 Å². The Morgan fingerprint density at radius 1 is 0.420 bits per heavy atom. The summed E-state index contributed by atoms with van der Waals surface area (Å²) in [5.41, 5.74) is 0. The van der Waals surface area contributed by atoms with E-state index in [0.717, 1.165) is 38.5 Å². The van der Waals surface area contributed by atoms with Gasteiger partial charge in [0, 0.05) is 32.4 Å². The highest BCUT2D eigenvalue weighted by Crippen LogP contribution is 2.14. The highest BCUT2D eigenvalue weighted by atomic mass is 16.4. The van der Waals surface area contributed by atoms with Gasteiger partial charge >= 0.3 is 5.97 Å². The van der Waals surface area contributed by atoms with Gasteiger partial charge in [-0.25, -0.2) is 0 Å². The van der Waals surface area contributed by atoms with Gasteiger partial charge in [-0.2, -0.15) is 0 Å². The summed E-state index contributed by atoms with van der Waals surface area (Å²) in [5.74, 6) is -1.17. The number of hydrogen-bond acceptors (Lipinski definition) is 4. The zero-order valence-electron chi connectivity index (χ0n) is 32.9. The lowest BCUT2D eigenvalue weighted by molar-refractivity contribution is -0.137. The summed E-state index contributed by atoms with van der Waals surface area (Å²) in [7, 11) is 0. The van der Waals surface area contributed by atoms with Crippen LogP contribution in [0.2, 0.25) is 0 Å². The van der Waals surface area contributed by atoms with Gasteiger partial charge in [0.05, 0.1) is 0 Å². The molecule has 3 amide bonds. The van der Waals surface area contributed by atoms with Crippen LogP contribution in [-0.2, 0) is 19.2 Å². The average molecular weight is 708 g/mol. The van der Waals surface area contributed by atoms with Crippen LogP contribution in [0, 0.1) is 0 Å². The van der Waals surface area contributed by atoms with E-state index < -0.39 is 12.0 Å². The number of carboxylic acids is 1. The molecule has 0 saturated heterocycles. The van der Waals surface area contributed by atoms with Crippen molar-refractivity contribution in [1.82, 2.24) is 16.0 Å². The van der Waals surface area contributed by atoms with Crippen molar-refractivity contribution in [1.29, 1.82) is 0 Å². The molecule has 1 atom stereocenters. The molecule has 0 spiro atoms. The van der Waals surface area contributed by atoms with Gasteiger partial charge in [-0.3, -0.25) is 19.2 Å². The van der Waals surface area contributed by atoms with Gasteiger partial charge in [-0.1, -0.05) is 168 Å². The standard InChI is InChI=1S/C42H81N3O5/c1-3-5-7-9-11-13-15-17-19-21-23-25-27-33-39(46)43-36-30-29-32-38(42(50)44-37-31-35-41(48)49)45-40(47)34-28-26-24-22-20-18-16-14-12-10-8-6-4-2/h38H,3-37H2,1-2H3,(H,43,46)(H,44,50)(H,45,47)(H,48,49)/t38-/m0/s1. The van der Waals surface area contributed by atoms with Crippen molar-refractivity contribution in [3.63, 3.8) is 0 Å². The largest absolute Gasteiger partial charge is 0.481 e. The van der Waals surface area contributed by atoms with Crippen molar-refractivity contribution < 1.29 is 24.3 Å². The van der Waals surface area contributed by atoms with E-state index in [4.69, 9.17) is 5.11 Å².